The van der Waals surface area contributed by atoms with Crippen molar-refractivity contribution in [2.75, 3.05) is 13.1 Å². The summed E-state index contributed by atoms with van der Waals surface area (Å²) < 4.78 is 5.16. The van der Waals surface area contributed by atoms with Gasteiger partial charge >= 0.3 is 5.97 Å². The molecule has 0 N–H and O–H groups in total. The Bertz CT molecular complexity index is 516. The third-order valence-corrected chi connectivity index (χ3v) is 2.90. The standard InChI is InChI=1S/C16H21NO3/c1-5-17(6-2)16(19)10-9-14-8-7-12(3)11-15(14)20-13(4)18/h7-11H,5-6H2,1-4H3/b10-9-. The number of likely N-dealkylation sites (N-methyl/N-ethyl adjacent to an activating group) is 1. The number of carbonyl (C=O) groups excluding carboxylic acids is 2. The lowest BCUT2D eigenvalue weighted by molar-refractivity contribution is -0.132. The van der Waals surface area contributed by atoms with Gasteiger partial charge in [-0.05, 0) is 38.5 Å². The first-order valence-corrected chi connectivity index (χ1v) is 6.74. The zero-order chi connectivity index (χ0) is 15.1. The lowest BCUT2D eigenvalue weighted by atomic mass is 10.1. The average Bonchev–Trinajstić information content (AvgIpc) is 2.38. The fourth-order valence-electron chi connectivity index (χ4n) is 1.82. The van der Waals surface area contributed by atoms with Crippen LogP contribution < -0.4 is 4.74 Å². The molecule has 1 aromatic carbocycles. The van der Waals surface area contributed by atoms with E-state index in [1.807, 2.05) is 32.9 Å². The highest BCUT2D eigenvalue weighted by molar-refractivity contribution is 5.92. The smallest absolute Gasteiger partial charge is 0.308 e. The molecule has 0 aliphatic rings. The first-order chi connectivity index (χ1) is 9.47. The number of hydrogen-bond acceptors (Lipinski definition) is 3. The monoisotopic (exact) mass is 275 g/mol. The van der Waals surface area contributed by atoms with Gasteiger partial charge in [-0.25, -0.2) is 0 Å². The van der Waals surface area contributed by atoms with Crippen LogP contribution in [0.15, 0.2) is 24.3 Å². The number of hydrogen-bond donors (Lipinski definition) is 0. The number of ether oxygens (including phenoxy) is 1. The SMILES string of the molecule is CCN(CC)C(=O)/C=C\c1ccc(C)cc1OC(C)=O. The van der Waals surface area contributed by atoms with Crippen molar-refractivity contribution in [1.82, 2.24) is 4.90 Å². The van der Waals surface area contributed by atoms with Gasteiger partial charge < -0.3 is 9.64 Å². The Kier molecular flexibility index (Phi) is 5.97. The van der Waals surface area contributed by atoms with E-state index in [2.05, 4.69) is 0 Å². The zero-order valence-electron chi connectivity index (χ0n) is 12.5. The molecule has 1 aromatic rings. The summed E-state index contributed by atoms with van der Waals surface area (Å²) in [5, 5.41) is 0. The topological polar surface area (TPSA) is 46.6 Å². The van der Waals surface area contributed by atoms with E-state index in [0.717, 1.165) is 5.56 Å². The molecule has 4 nitrogen and oxygen atoms in total. The molecule has 0 radical (unpaired) electrons. The number of aryl methyl sites for hydroxylation is 1. The van der Waals surface area contributed by atoms with E-state index in [0.29, 0.717) is 24.4 Å². The maximum absolute atomic E-state index is 11.9. The number of rotatable bonds is 5. The van der Waals surface area contributed by atoms with Gasteiger partial charge in [0.05, 0.1) is 0 Å². The number of benzene rings is 1. The third-order valence-electron chi connectivity index (χ3n) is 2.90. The van der Waals surface area contributed by atoms with Gasteiger partial charge in [-0.2, -0.15) is 0 Å². The Labute approximate surface area is 120 Å². The molecule has 20 heavy (non-hydrogen) atoms. The molecule has 0 heterocycles. The number of carbonyl (C=O) groups is 2. The van der Waals surface area contributed by atoms with Crippen molar-refractivity contribution in [3.8, 4) is 5.75 Å². The quantitative estimate of drug-likeness (QED) is 0.471. The van der Waals surface area contributed by atoms with Gasteiger partial charge in [0.25, 0.3) is 0 Å². The predicted octanol–water partition coefficient (Wildman–Crippen LogP) is 2.80. The second-order valence-electron chi connectivity index (χ2n) is 4.48. The molecule has 0 bridgehead atoms. The maximum atomic E-state index is 11.9. The van der Waals surface area contributed by atoms with Crippen LogP contribution in [0.2, 0.25) is 0 Å². The fourth-order valence-corrected chi connectivity index (χ4v) is 1.82. The minimum atomic E-state index is -0.375. The summed E-state index contributed by atoms with van der Waals surface area (Å²) in [6.07, 6.45) is 3.18. The highest BCUT2D eigenvalue weighted by atomic mass is 16.5. The zero-order valence-corrected chi connectivity index (χ0v) is 12.5. The van der Waals surface area contributed by atoms with Gasteiger partial charge in [-0.1, -0.05) is 12.1 Å². The molecule has 1 rings (SSSR count). The third kappa shape index (κ3) is 4.53. The molecule has 0 unspecified atom stereocenters. The van der Waals surface area contributed by atoms with Crippen LogP contribution >= 0.6 is 0 Å². The van der Waals surface area contributed by atoms with Gasteiger partial charge in [0, 0.05) is 31.7 Å². The highest BCUT2D eigenvalue weighted by Crippen LogP contribution is 2.22. The van der Waals surface area contributed by atoms with Crippen LogP contribution in [0.5, 0.6) is 5.75 Å². The molecule has 0 aromatic heterocycles. The van der Waals surface area contributed by atoms with E-state index in [-0.39, 0.29) is 11.9 Å². The highest BCUT2D eigenvalue weighted by Gasteiger charge is 2.07. The largest absolute Gasteiger partial charge is 0.426 e. The minimum Gasteiger partial charge on any atom is -0.426 e. The van der Waals surface area contributed by atoms with Crippen LogP contribution in [0, 0.1) is 6.92 Å². The molecular formula is C16H21NO3. The molecule has 1 amide bonds. The summed E-state index contributed by atoms with van der Waals surface area (Å²) in [6.45, 7) is 8.49. The molecule has 0 saturated heterocycles. The van der Waals surface area contributed by atoms with Gasteiger partial charge in [-0.3, -0.25) is 9.59 Å². The number of amides is 1. The van der Waals surface area contributed by atoms with E-state index in [1.165, 1.54) is 13.0 Å². The first kappa shape index (κ1) is 16.0. The Balaban J connectivity index is 2.96. The summed E-state index contributed by atoms with van der Waals surface area (Å²) in [7, 11) is 0. The van der Waals surface area contributed by atoms with E-state index in [4.69, 9.17) is 4.74 Å². The molecular weight excluding hydrogens is 254 g/mol. The second-order valence-corrected chi connectivity index (χ2v) is 4.48. The molecule has 108 valence electrons. The van der Waals surface area contributed by atoms with E-state index in [1.54, 1.807) is 17.0 Å². The Hall–Kier alpha value is -2.10. The van der Waals surface area contributed by atoms with Crippen LogP contribution in [0.25, 0.3) is 6.08 Å². The molecule has 0 atom stereocenters. The van der Waals surface area contributed by atoms with Crippen LogP contribution in [0.1, 0.15) is 31.9 Å². The summed E-state index contributed by atoms with van der Waals surface area (Å²) in [5.41, 5.74) is 1.71. The van der Waals surface area contributed by atoms with Crippen molar-refractivity contribution in [3.05, 3.63) is 35.4 Å². The van der Waals surface area contributed by atoms with Crippen molar-refractivity contribution in [1.29, 1.82) is 0 Å². The van der Waals surface area contributed by atoms with Crippen LogP contribution in [-0.2, 0) is 9.59 Å². The second kappa shape index (κ2) is 7.48. The summed E-state index contributed by atoms with van der Waals surface area (Å²) in [4.78, 5) is 24.7. The molecule has 0 fully saturated rings. The van der Waals surface area contributed by atoms with Crippen molar-refractivity contribution in [3.63, 3.8) is 0 Å². The summed E-state index contributed by atoms with van der Waals surface area (Å²) in [5.74, 6) is 0.0470. The average molecular weight is 275 g/mol. The van der Waals surface area contributed by atoms with E-state index in [9.17, 15) is 9.59 Å². The van der Waals surface area contributed by atoms with Crippen LogP contribution in [0.4, 0.5) is 0 Å². The molecule has 0 aliphatic heterocycles. The Morgan fingerprint density at radius 3 is 2.45 bits per heavy atom. The normalized spacial score (nSPS) is 10.6. The first-order valence-electron chi connectivity index (χ1n) is 6.74. The summed E-state index contributed by atoms with van der Waals surface area (Å²) in [6, 6.07) is 5.52. The van der Waals surface area contributed by atoms with E-state index < -0.39 is 0 Å². The number of nitrogens with zero attached hydrogens (tertiary/aromatic N) is 1. The van der Waals surface area contributed by atoms with Crippen LogP contribution in [-0.4, -0.2) is 29.9 Å². The van der Waals surface area contributed by atoms with Gasteiger partial charge in [0.15, 0.2) is 0 Å². The summed E-state index contributed by atoms with van der Waals surface area (Å²) >= 11 is 0. The maximum Gasteiger partial charge on any atom is 0.308 e. The Morgan fingerprint density at radius 1 is 1.25 bits per heavy atom. The van der Waals surface area contributed by atoms with Gasteiger partial charge in [-0.15, -0.1) is 0 Å². The molecule has 4 heteroatoms. The lowest BCUT2D eigenvalue weighted by Crippen LogP contribution is -2.28. The minimum absolute atomic E-state index is 0.0515. The van der Waals surface area contributed by atoms with Gasteiger partial charge in [0.2, 0.25) is 5.91 Å². The van der Waals surface area contributed by atoms with Crippen LogP contribution in [0.3, 0.4) is 0 Å². The van der Waals surface area contributed by atoms with Crippen molar-refractivity contribution >= 4 is 18.0 Å². The fraction of sp³-hybridized carbons (Fsp3) is 0.375. The van der Waals surface area contributed by atoms with Crippen molar-refractivity contribution < 1.29 is 14.3 Å². The lowest BCUT2D eigenvalue weighted by Gasteiger charge is -2.16. The predicted molar refractivity (Wildman–Crippen MR) is 79.5 cm³/mol. The van der Waals surface area contributed by atoms with Crippen molar-refractivity contribution in [2.24, 2.45) is 0 Å². The van der Waals surface area contributed by atoms with E-state index >= 15 is 0 Å². The van der Waals surface area contributed by atoms with Gasteiger partial charge in [0.1, 0.15) is 5.75 Å². The van der Waals surface area contributed by atoms with Crippen molar-refractivity contribution in [2.45, 2.75) is 27.7 Å². The molecule has 0 aliphatic carbocycles. The molecule has 0 saturated carbocycles. The Morgan fingerprint density at radius 2 is 1.90 bits per heavy atom. The number of esters is 1. The molecule has 0 spiro atoms.